The minimum absolute atomic E-state index is 0.182. The molecule has 3 N–H and O–H groups in total. The van der Waals surface area contributed by atoms with Gasteiger partial charge in [-0.25, -0.2) is 13.8 Å². The van der Waals surface area contributed by atoms with Crippen molar-refractivity contribution < 1.29 is 13.6 Å². The number of aromatic nitrogens is 5. The molecule has 0 unspecified atom stereocenters. The number of hydrogen-bond acceptors (Lipinski definition) is 4. The van der Waals surface area contributed by atoms with Crippen molar-refractivity contribution in [2.75, 3.05) is 5.32 Å². The van der Waals surface area contributed by atoms with Crippen LogP contribution in [0.2, 0.25) is 0 Å². The molecular weight excluding hydrogens is 534 g/mol. The fourth-order valence-corrected chi connectivity index (χ4v) is 5.12. The van der Waals surface area contributed by atoms with Crippen molar-refractivity contribution in [3.8, 4) is 33.8 Å². The molecule has 4 aromatic carbocycles. The summed E-state index contributed by atoms with van der Waals surface area (Å²) in [7, 11) is 0. The molecule has 204 valence electrons. The smallest absolute Gasteiger partial charge is 0.228 e. The van der Waals surface area contributed by atoms with Crippen molar-refractivity contribution in [1.29, 1.82) is 0 Å². The zero-order valence-corrected chi connectivity index (χ0v) is 22.0. The maximum Gasteiger partial charge on any atom is 0.228 e. The molecule has 3 aromatic heterocycles. The molecule has 0 spiro atoms. The average molecular weight is 557 g/mol. The lowest BCUT2D eigenvalue weighted by Gasteiger charge is -2.08. The first kappa shape index (κ1) is 25.3. The summed E-state index contributed by atoms with van der Waals surface area (Å²) in [5, 5.41) is 10.5. The first-order chi connectivity index (χ1) is 20.5. The Labute approximate surface area is 238 Å². The van der Waals surface area contributed by atoms with E-state index in [0.29, 0.717) is 55.9 Å². The zero-order chi connectivity index (χ0) is 28.6. The third-order valence-corrected chi connectivity index (χ3v) is 7.09. The molecule has 0 saturated heterocycles. The van der Waals surface area contributed by atoms with Crippen LogP contribution in [-0.2, 0) is 11.2 Å². The maximum atomic E-state index is 15.3. The summed E-state index contributed by atoms with van der Waals surface area (Å²) in [4.78, 5) is 24.9. The van der Waals surface area contributed by atoms with E-state index in [2.05, 4.69) is 25.5 Å². The van der Waals surface area contributed by atoms with E-state index in [-0.39, 0.29) is 23.7 Å². The van der Waals surface area contributed by atoms with Crippen molar-refractivity contribution in [2.45, 2.75) is 6.42 Å². The number of amides is 1. The summed E-state index contributed by atoms with van der Waals surface area (Å²) < 4.78 is 29.9. The molecule has 9 heteroatoms. The van der Waals surface area contributed by atoms with Crippen LogP contribution in [0.5, 0.6) is 0 Å². The van der Waals surface area contributed by atoms with Gasteiger partial charge >= 0.3 is 0 Å². The number of para-hydroxylation sites is 1. The molecule has 7 rings (SSSR count). The Morgan fingerprint density at radius 1 is 0.810 bits per heavy atom. The second kappa shape index (κ2) is 10.4. The topological polar surface area (TPSA) is 99.3 Å². The van der Waals surface area contributed by atoms with Gasteiger partial charge in [0.05, 0.1) is 29.3 Å². The Kier molecular flexibility index (Phi) is 6.24. The number of imidazole rings is 1. The molecule has 42 heavy (non-hydrogen) atoms. The van der Waals surface area contributed by atoms with Crippen molar-refractivity contribution in [3.05, 3.63) is 121 Å². The molecule has 0 aliphatic rings. The van der Waals surface area contributed by atoms with Crippen LogP contribution in [0.1, 0.15) is 5.56 Å². The third kappa shape index (κ3) is 4.66. The number of benzene rings is 4. The van der Waals surface area contributed by atoms with E-state index >= 15 is 4.39 Å². The van der Waals surface area contributed by atoms with Crippen LogP contribution in [0.4, 0.5) is 14.5 Å². The number of carbonyl (C=O) groups is 1. The maximum absolute atomic E-state index is 15.3. The number of pyridine rings is 1. The third-order valence-electron chi connectivity index (χ3n) is 7.09. The molecule has 7 aromatic rings. The monoisotopic (exact) mass is 556 g/mol. The van der Waals surface area contributed by atoms with Crippen LogP contribution >= 0.6 is 0 Å². The number of carbonyl (C=O) groups excluding carboxylic acids is 1. The Morgan fingerprint density at radius 2 is 1.62 bits per heavy atom. The van der Waals surface area contributed by atoms with E-state index in [4.69, 9.17) is 4.98 Å². The van der Waals surface area contributed by atoms with Gasteiger partial charge < -0.3 is 10.3 Å². The lowest BCUT2D eigenvalue weighted by Crippen LogP contribution is -2.14. The molecule has 1 amide bonds. The van der Waals surface area contributed by atoms with E-state index < -0.39 is 5.82 Å². The number of anilines is 1. The van der Waals surface area contributed by atoms with E-state index in [1.165, 1.54) is 12.1 Å². The number of aromatic amines is 2. The van der Waals surface area contributed by atoms with Gasteiger partial charge in [0.15, 0.2) is 5.82 Å². The van der Waals surface area contributed by atoms with Gasteiger partial charge in [0, 0.05) is 28.3 Å². The van der Waals surface area contributed by atoms with E-state index in [1.807, 2.05) is 48.5 Å². The van der Waals surface area contributed by atoms with Gasteiger partial charge in [-0.15, -0.1) is 0 Å². The van der Waals surface area contributed by atoms with Gasteiger partial charge in [-0.3, -0.25) is 14.9 Å². The van der Waals surface area contributed by atoms with Crippen LogP contribution in [0.15, 0.2) is 103 Å². The van der Waals surface area contributed by atoms with Gasteiger partial charge in [0.2, 0.25) is 5.91 Å². The van der Waals surface area contributed by atoms with Crippen molar-refractivity contribution in [2.24, 2.45) is 0 Å². The molecule has 7 nitrogen and oxygen atoms in total. The van der Waals surface area contributed by atoms with E-state index in [1.54, 1.807) is 42.7 Å². The zero-order valence-electron chi connectivity index (χ0n) is 22.0. The average Bonchev–Trinajstić information content (AvgIpc) is 3.63. The first-order valence-electron chi connectivity index (χ1n) is 13.2. The number of nitrogens with one attached hydrogen (secondary N) is 3. The molecule has 0 atom stereocenters. The van der Waals surface area contributed by atoms with Crippen LogP contribution in [0, 0.1) is 11.6 Å². The summed E-state index contributed by atoms with van der Waals surface area (Å²) in [6.07, 6.45) is 3.38. The standard InChI is InChI=1S/C33H22F2N6O/c34-26-11-5-4-9-23(26)24-10-6-12-28-31(24)39-33(38-28)32-25-15-20(16-27(35)30(25)40-41-32)21-14-22(18-36-17-21)37-29(42)13-19-7-2-1-3-8-19/h1-12,14-18H,13H2,(H,37,42)(H,38,39)(H,40,41). The fraction of sp³-hybridized carbons (Fsp3) is 0.0303. The normalized spacial score (nSPS) is 11.3. The lowest BCUT2D eigenvalue weighted by molar-refractivity contribution is -0.115. The highest BCUT2D eigenvalue weighted by atomic mass is 19.1. The Morgan fingerprint density at radius 3 is 2.48 bits per heavy atom. The van der Waals surface area contributed by atoms with Gasteiger partial charge in [-0.05, 0) is 41.5 Å². The molecule has 3 heterocycles. The number of fused-ring (bicyclic) bond motifs is 2. The van der Waals surface area contributed by atoms with Crippen molar-refractivity contribution >= 4 is 33.5 Å². The minimum Gasteiger partial charge on any atom is -0.337 e. The Hall–Kier alpha value is -5.70. The van der Waals surface area contributed by atoms with Crippen LogP contribution < -0.4 is 5.32 Å². The number of halogens is 2. The van der Waals surface area contributed by atoms with Crippen molar-refractivity contribution in [1.82, 2.24) is 25.1 Å². The first-order valence-corrected chi connectivity index (χ1v) is 13.2. The SMILES string of the molecule is O=C(Cc1ccccc1)Nc1cncc(-c2cc(F)c3[nH]nc(-c4nc5c(-c6ccccc6F)cccc5[nH]4)c3c2)c1. The van der Waals surface area contributed by atoms with E-state index in [9.17, 15) is 9.18 Å². The predicted octanol–water partition coefficient (Wildman–Crippen LogP) is 7.29. The van der Waals surface area contributed by atoms with Crippen LogP contribution in [0.3, 0.4) is 0 Å². The van der Waals surface area contributed by atoms with E-state index in [0.717, 1.165) is 5.56 Å². The molecular formula is C33H22F2N6O. The highest BCUT2D eigenvalue weighted by molar-refractivity contribution is 5.99. The summed E-state index contributed by atoms with van der Waals surface area (Å²) in [6.45, 7) is 0. The van der Waals surface area contributed by atoms with Gasteiger partial charge in [-0.1, -0.05) is 60.7 Å². The molecule has 0 bridgehead atoms. The molecule has 0 saturated carbocycles. The summed E-state index contributed by atoms with van der Waals surface area (Å²) in [5.74, 6) is -0.614. The lowest BCUT2D eigenvalue weighted by atomic mass is 10.0. The van der Waals surface area contributed by atoms with Gasteiger partial charge in [-0.2, -0.15) is 5.10 Å². The minimum atomic E-state index is -0.497. The van der Waals surface area contributed by atoms with Crippen molar-refractivity contribution in [3.63, 3.8) is 0 Å². The Balaban J connectivity index is 1.25. The van der Waals surface area contributed by atoms with Crippen LogP contribution in [0.25, 0.3) is 55.7 Å². The van der Waals surface area contributed by atoms with Gasteiger partial charge in [0.25, 0.3) is 0 Å². The summed E-state index contributed by atoms with van der Waals surface area (Å²) >= 11 is 0. The number of rotatable bonds is 6. The largest absolute Gasteiger partial charge is 0.337 e. The molecule has 0 radical (unpaired) electrons. The number of hydrogen-bond donors (Lipinski definition) is 3. The summed E-state index contributed by atoms with van der Waals surface area (Å²) in [5.41, 5.74) is 5.55. The molecule has 0 aliphatic carbocycles. The summed E-state index contributed by atoms with van der Waals surface area (Å²) in [6, 6.07) is 26.4. The second-order valence-electron chi connectivity index (χ2n) is 9.89. The Bertz CT molecular complexity index is 2100. The predicted molar refractivity (Wildman–Crippen MR) is 159 cm³/mol. The number of H-pyrrole nitrogens is 2. The van der Waals surface area contributed by atoms with Crippen LogP contribution in [-0.4, -0.2) is 31.1 Å². The fourth-order valence-electron chi connectivity index (χ4n) is 5.12. The highest BCUT2D eigenvalue weighted by Crippen LogP contribution is 2.35. The second-order valence-corrected chi connectivity index (χ2v) is 9.89. The highest BCUT2D eigenvalue weighted by Gasteiger charge is 2.19. The molecule has 0 fully saturated rings. The molecule has 0 aliphatic heterocycles. The van der Waals surface area contributed by atoms with Gasteiger partial charge in [0.1, 0.15) is 22.8 Å². The number of nitrogens with zero attached hydrogens (tertiary/aromatic N) is 3. The quantitative estimate of drug-likeness (QED) is 0.200.